The van der Waals surface area contributed by atoms with Gasteiger partial charge >= 0.3 is 0 Å². The fourth-order valence-electron chi connectivity index (χ4n) is 2.55. The Bertz CT molecular complexity index is 657. The molecular formula is C22H29NO2. The van der Waals surface area contributed by atoms with Crippen molar-refractivity contribution in [2.24, 2.45) is 0 Å². The van der Waals surface area contributed by atoms with Crippen molar-refractivity contribution in [2.75, 3.05) is 11.9 Å². The molecule has 0 aliphatic heterocycles. The van der Waals surface area contributed by atoms with E-state index in [2.05, 4.69) is 57.3 Å². The summed E-state index contributed by atoms with van der Waals surface area (Å²) in [5.74, 6) is 1.90. The zero-order valence-corrected chi connectivity index (χ0v) is 15.7. The zero-order chi connectivity index (χ0) is 18.2. The number of benzene rings is 2. The molecule has 0 radical (unpaired) electrons. The highest BCUT2D eigenvalue weighted by Crippen LogP contribution is 2.19. The van der Waals surface area contributed by atoms with Crippen LogP contribution in [0.3, 0.4) is 0 Å². The lowest BCUT2D eigenvalue weighted by Crippen LogP contribution is -2.12. The second kappa shape index (κ2) is 9.26. The number of ether oxygens (including phenoxy) is 1. The molecule has 2 rings (SSSR count). The van der Waals surface area contributed by atoms with Crippen LogP contribution < -0.4 is 10.1 Å². The summed E-state index contributed by atoms with van der Waals surface area (Å²) in [5, 5.41) is 2.93. The van der Waals surface area contributed by atoms with E-state index in [0.717, 1.165) is 11.4 Å². The minimum absolute atomic E-state index is 0.0241. The van der Waals surface area contributed by atoms with Crippen LogP contribution >= 0.6 is 0 Å². The molecule has 25 heavy (non-hydrogen) atoms. The van der Waals surface area contributed by atoms with Crippen LogP contribution in [-0.2, 0) is 4.79 Å². The molecule has 0 atom stereocenters. The van der Waals surface area contributed by atoms with Crippen LogP contribution in [0.25, 0.3) is 0 Å². The molecule has 0 aromatic heterocycles. The first-order chi connectivity index (χ1) is 12.0. The molecule has 0 heterocycles. The van der Waals surface area contributed by atoms with Crippen molar-refractivity contribution in [3.8, 4) is 5.75 Å². The van der Waals surface area contributed by atoms with E-state index in [1.165, 1.54) is 11.1 Å². The minimum atomic E-state index is 0.0241. The fourth-order valence-corrected chi connectivity index (χ4v) is 2.55. The SMILES string of the molecule is CC(C)c1ccc(NC(=O)CCCOc2ccc(C(C)C)cc2)cc1. The van der Waals surface area contributed by atoms with Crippen LogP contribution in [0.1, 0.15) is 63.5 Å². The second-order valence-corrected chi connectivity index (χ2v) is 7.00. The molecule has 0 bridgehead atoms. The molecule has 3 nitrogen and oxygen atoms in total. The van der Waals surface area contributed by atoms with E-state index in [1.54, 1.807) is 0 Å². The lowest BCUT2D eigenvalue weighted by molar-refractivity contribution is -0.116. The van der Waals surface area contributed by atoms with Crippen molar-refractivity contribution in [3.05, 3.63) is 59.7 Å². The fraction of sp³-hybridized carbons (Fsp3) is 0.409. The standard InChI is InChI=1S/C22H29NO2/c1-16(2)18-7-11-20(12-8-18)23-22(24)6-5-15-25-21-13-9-19(10-14-21)17(3)4/h7-14,16-17H,5-6,15H2,1-4H3,(H,23,24). The van der Waals surface area contributed by atoms with Crippen LogP contribution in [0.4, 0.5) is 5.69 Å². The molecule has 0 unspecified atom stereocenters. The number of hydrogen-bond acceptors (Lipinski definition) is 2. The molecule has 3 heteroatoms. The van der Waals surface area contributed by atoms with Gasteiger partial charge in [-0.25, -0.2) is 0 Å². The number of carbonyl (C=O) groups excluding carboxylic acids is 1. The second-order valence-electron chi connectivity index (χ2n) is 7.00. The maximum absolute atomic E-state index is 12.0. The molecule has 134 valence electrons. The molecule has 0 saturated heterocycles. The first kappa shape index (κ1) is 19.0. The number of carbonyl (C=O) groups is 1. The molecular weight excluding hydrogens is 310 g/mol. The van der Waals surface area contributed by atoms with Gasteiger partial charge in [-0.1, -0.05) is 52.0 Å². The minimum Gasteiger partial charge on any atom is -0.494 e. The Morgan fingerprint density at radius 1 is 0.880 bits per heavy atom. The van der Waals surface area contributed by atoms with Gasteiger partial charge in [-0.15, -0.1) is 0 Å². The van der Waals surface area contributed by atoms with E-state index in [1.807, 2.05) is 24.3 Å². The number of amides is 1. The summed E-state index contributed by atoms with van der Waals surface area (Å²) >= 11 is 0. The summed E-state index contributed by atoms with van der Waals surface area (Å²) in [6.07, 6.45) is 1.15. The average molecular weight is 339 g/mol. The normalized spacial score (nSPS) is 11.0. The van der Waals surface area contributed by atoms with E-state index < -0.39 is 0 Å². The quantitative estimate of drug-likeness (QED) is 0.624. The van der Waals surface area contributed by atoms with E-state index >= 15 is 0 Å². The summed E-state index contributed by atoms with van der Waals surface area (Å²) in [4.78, 5) is 12.0. The van der Waals surface area contributed by atoms with Gasteiger partial charge < -0.3 is 10.1 Å². The Labute approximate surface area is 151 Å². The van der Waals surface area contributed by atoms with Crippen molar-refractivity contribution in [2.45, 2.75) is 52.4 Å². The van der Waals surface area contributed by atoms with Crippen LogP contribution in [0.2, 0.25) is 0 Å². The number of anilines is 1. The Morgan fingerprint density at radius 3 is 1.92 bits per heavy atom. The Hall–Kier alpha value is -2.29. The Kier molecular flexibility index (Phi) is 7.05. The summed E-state index contributed by atoms with van der Waals surface area (Å²) in [6.45, 7) is 9.20. The largest absolute Gasteiger partial charge is 0.494 e. The smallest absolute Gasteiger partial charge is 0.224 e. The monoisotopic (exact) mass is 339 g/mol. The van der Waals surface area contributed by atoms with Crippen LogP contribution in [0.5, 0.6) is 5.75 Å². The Morgan fingerprint density at radius 2 is 1.40 bits per heavy atom. The van der Waals surface area contributed by atoms with Crippen LogP contribution in [-0.4, -0.2) is 12.5 Å². The zero-order valence-electron chi connectivity index (χ0n) is 15.7. The molecule has 0 saturated carbocycles. The number of rotatable bonds is 8. The lowest BCUT2D eigenvalue weighted by Gasteiger charge is -2.10. The van der Waals surface area contributed by atoms with Gasteiger partial charge in [0.2, 0.25) is 5.91 Å². The molecule has 2 aromatic carbocycles. The third-order valence-electron chi connectivity index (χ3n) is 4.22. The van der Waals surface area contributed by atoms with E-state index in [9.17, 15) is 4.79 Å². The van der Waals surface area contributed by atoms with Gasteiger partial charge in [0.15, 0.2) is 0 Å². The van der Waals surface area contributed by atoms with E-state index in [-0.39, 0.29) is 5.91 Å². The summed E-state index contributed by atoms with van der Waals surface area (Å²) < 4.78 is 5.70. The van der Waals surface area contributed by atoms with Crippen molar-refractivity contribution in [1.29, 1.82) is 0 Å². The molecule has 0 fully saturated rings. The van der Waals surface area contributed by atoms with Gasteiger partial charge in [0, 0.05) is 12.1 Å². The maximum atomic E-state index is 12.0. The molecule has 1 amide bonds. The number of nitrogens with one attached hydrogen (secondary N) is 1. The van der Waals surface area contributed by atoms with E-state index in [4.69, 9.17) is 4.74 Å². The van der Waals surface area contributed by atoms with Crippen molar-refractivity contribution >= 4 is 11.6 Å². The van der Waals surface area contributed by atoms with E-state index in [0.29, 0.717) is 31.3 Å². The van der Waals surface area contributed by atoms with Crippen molar-refractivity contribution < 1.29 is 9.53 Å². The molecule has 1 N–H and O–H groups in total. The molecule has 2 aromatic rings. The molecule has 0 aliphatic rings. The highest BCUT2D eigenvalue weighted by Gasteiger charge is 2.04. The summed E-state index contributed by atoms with van der Waals surface area (Å²) in [7, 11) is 0. The average Bonchev–Trinajstić information content (AvgIpc) is 2.59. The van der Waals surface area contributed by atoms with Crippen LogP contribution in [0, 0.1) is 0 Å². The Balaban J connectivity index is 1.69. The predicted octanol–water partition coefficient (Wildman–Crippen LogP) is 5.73. The highest BCUT2D eigenvalue weighted by molar-refractivity contribution is 5.90. The number of hydrogen-bond donors (Lipinski definition) is 1. The third-order valence-corrected chi connectivity index (χ3v) is 4.22. The summed E-state index contributed by atoms with van der Waals surface area (Å²) in [5.41, 5.74) is 3.42. The van der Waals surface area contributed by atoms with Crippen LogP contribution in [0.15, 0.2) is 48.5 Å². The predicted molar refractivity (Wildman–Crippen MR) is 104 cm³/mol. The van der Waals surface area contributed by atoms with Crippen molar-refractivity contribution in [3.63, 3.8) is 0 Å². The van der Waals surface area contributed by atoms with Gasteiger partial charge in [-0.2, -0.15) is 0 Å². The molecule has 0 aliphatic carbocycles. The van der Waals surface area contributed by atoms with Gasteiger partial charge in [0.05, 0.1) is 6.61 Å². The first-order valence-corrected chi connectivity index (χ1v) is 9.08. The first-order valence-electron chi connectivity index (χ1n) is 9.08. The topological polar surface area (TPSA) is 38.3 Å². The van der Waals surface area contributed by atoms with Gasteiger partial charge in [0.1, 0.15) is 5.75 Å². The third kappa shape index (κ3) is 6.26. The van der Waals surface area contributed by atoms with Crippen molar-refractivity contribution in [1.82, 2.24) is 0 Å². The van der Waals surface area contributed by atoms with Gasteiger partial charge in [-0.3, -0.25) is 4.79 Å². The highest BCUT2D eigenvalue weighted by atomic mass is 16.5. The summed E-state index contributed by atoms with van der Waals surface area (Å²) in [6, 6.07) is 16.2. The maximum Gasteiger partial charge on any atom is 0.224 e. The van der Waals surface area contributed by atoms with Gasteiger partial charge in [0.25, 0.3) is 0 Å². The lowest BCUT2D eigenvalue weighted by atomic mass is 10.0. The van der Waals surface area contributed by atoms with Gasteiger partial charge in [-0.05, 0) is 53.6 Å². The molecule has 0 spiro atoms.